The molecule has 1 atom stereocenters. The molecule has 1 aliphatic carbocycles. The van der Waals surface area contributed by atoms with E-state index in [0.717, 1.165) is 22.3 Å². The molecule has 0 aliphatic heterocycles. The predicted molar refractivity (Wildman–Crippen MR) is 135 cm³/mol. The minimum absolute atomic E-state index is 0.0368. The van der Waals surface area contributed by atoms with Crippen molar-refractivity contribution in [3.63, 3.8) is 0 Å². The number of hydrogen-bond acceptors (Lipinski definition) is 5. The average Bonchev–Trinajstić information content (AvgIpc) is 3.19. The Bertz CT molecular complexity index is 1240. The van der Waals surface area contributed by atoms with Gasteiger partial charge >= 0.3 is 18.0 Å². The highest BCUT2D eigenvalue weighted by Crippen LogP contribution is 2.44. The Morgan fingerprint density at radius 2 is 1.56 bits per heavy atom. The quantitative estimate of drug-likeness (QED) is 0.324. The van der Waals surface area contributed by atoms with Crippen LogP contribution in [0.1, 0.15) is 28.2 Å². The largest absolute Gasteiger partial charge is 0.480 e. The number of esters is 1. The number of carbonyl (C=O) groups excluding carboxylic acids is 2. The average molecular weight is 486 g/mol. The Labute approximate surface area is 209 Å². The topological polar surface area (TPSA) is 102 Å². The van der Waals surface area contributed by atoms with Crippen LogP contribution in [-0.2, 0) is 31.9 Å². The lowest BCUT2D eigenvalue weighted by Gasteiger charge is -2.18. The standard InChI is InChI=1S/C29H27NO6/c1-2-14-35-27(31)17-20-9-7-8-19(15-20)16-26(28(32)33)30-29(34)36-18-25-23-12-5-3-10-21(23)22-11-4-6-13-24(22)25/h2-13,15,25-26H,1,14,16-18H2,(H,30,34)(H,32,33). The van der Waals surface area contributed by atoms with Crippen molar-refractivity contribution in [1.82, 2.24) is 5.32 Å². The molecule has 0 saturated carbocycles. The number of hydrogen-bond donors (Lipinski definition) is 2. The fraction of sp³-hybridized carbons (Fsp3) is 0.207. The maximum Gasteiger partial charge on any atom is 0.407 e. The fourth-order valence-electron chi connectivity index (χ4n) is 4.45. The molecule has 3 aromatic carbocycles. The second kappa shape index (κ2) is 11.4. The summed E-state index contributed by atoms with van der Waals surface area (Å²) in [5.41, 5.74) is 5.72. The van der Waals surface area contributed by atoms with Gasteiger partial charge in [-0.05, 0) is 33.4 Å². The van der Waals surface area contributed by atoms with Crippen LogP contribution in [0.2, 0.25) is 0 Å². The van der Waals surface area contributed by atoms with Crippen LogP contribution in [0.3, 0.4) is 0 Å². The smallest absolute Gasteiger partial charge is 0.407 e. The first kappa shape index (κ1) is 24.7. The SMILES string of the molecule is C=CCOC(=O)Cc1cccc(CC(NC(=O)OCC2c3ccccc3-c3ccccc32)C(=O)O)c1. The van der Waals surface area contributed by atoms with E-state index >= 15 is 0 Å². The zero-order chi connectivity index (χ0) is 25.5. The molecule has 0 bridgehead atoms. The molecular formula is C29H27NO6. The zero-order valence-corrected chi connectivity index (χ0v) is 19.7. The lowest BCUT2D eigenvalue weighted by molar-refractivity contribution is -0.141. The van der Waals surface area contributed by atoms with Crippen molar-refractivity contribution < 1.29 is 29.0 Å². The molecule has 0 heterocycles. The molecular weight excluding hydrogens is 458 g/mol. The summed E-state index contributed by atoms with van der Waals surface area (Å²) in [6.07, 6.45) is 0.781. The third-order valence-corrected chi connectivity index (χ3v) is 6.08. The number of fused-ring (bicyclic) bond motifs is 3. The van der Waals surface area contributed by atoms with Crippen LogP contribution in [0.4, 0.5) is 4.79 Å². The van der Waals surface area contributed by atoms with E-state index in [1.807, 2.05) is 48.5 Å². The summed E-state index contributed by atoms with van der Waals surface area (Å²) in [4.78, 5) is 36.3. The zero-order valence-electron chi connectivity index (χ0n) is 19.7. The van der Waals surface area contributed by atoms with Gasteiger partial charge in [-0.15, -0.1) is 0 Å². The maximum atomic E-state index is 12.6. The summed E-state index contributed by atoms with van der Waals surface area (Å²) in [5, 5.41) is 12.1. The van der Waals surface area contributed by atoms with Gasteiger partial charge in [0.1, 0.15) is 19.3 Å². The number of amides is 1. The van der Waals surface area contributed by atoms with Gasteiger partial charge in [-0.2, -0.15) is 0 Å². The molecule has 7 heteroatoms. The molecule has 1 amide bonds. The van der Waals surface area contributed by atoms with Gasteiger partial charge in [0, 0.05) is 12.3 Å². The Morgan fingerprint density at radius 3 is 2.19 bits per heavy atom. The van der Waals surface area contributed by atoms with Crippen molar-refractivity contribution in [2.75, 3.05) is 13.2 Å². The van der Waals surface area contributed by atoms with Crippen LogP contribution >= 0.6 is 0 Å². The number of rotatable bonds is 10. The van der Waals surface area contributed by atoms with Gasteiger partial charge in [0.15, 0.2) is 0 Å². The number of carboxylic acid groups (broad SMARTS) is 1. The molecule has 184 valence electrons. The van der Waals surface area contributed by atoms with Gasteiger partial charge < -0.3 is 19.9 Å². The molecule has 0 spiro atoms. The lowest BCUT2D eigenvalue weighted by Crippen LogP contribution is -2.42. The van der Waals surface area contributed by atoms with Crippen LogP contribution in [0.5, 0.6) is 0 Å². The third-order valence-electron chi connectivity index (χ3n) is 6.08. The van der Waals surface area contributed by atoms with Crippen molar-refractivity contribution in [2.24, 2.45) is 0 Å². The molecule has 7 nitrogen and oxygen atoms in total. The van der Waals surface area contributed by atoms with Gasteiger partial charge in [-0.25, -0.2) is 9.59 Å². The van der Waals surface area contributed by atoms with Crippen LogP contribution in [-0.4, -0.2) is 42.4 Å². The second-order valence-corrected chi connectivity index (χ2v) is 8.53. The van der Waals surface area contributed by atoms with Crippen molar-refractivity contribution in [2.45, 2.75) is 24.8 Å². The van der Waals surface area contributed by atoms with E-state index in [4.69, 9.17) is 9.47 Å². The fourth-order valence-corrected chi connectivity index (χ4v) is 4.45. The predicted octanol–water partition coefficient (Wildman–Crippen LogP) is 4.49. The summed E-state index contributed by atoms with van der Waals surface area (Å²) in [5.74, 6) is -1.71. The van der Waals surface area contributed by atoms with Gasteiger partial charge in [0.05, 0.1) is 6.42 Å². The molecule has 0 radical (unpaired) electrons. The maximum absolute atomic E-state index is 12.6. The van der Waals surface area contributed by atoms with Gasteiger partial charge in [0.25, 0.3) is 0 Å². The van der Waals surface area contributed by atoms with Crippen molar-refractivity contribution >= 4 is 18.0 Å². The minimum Gasteiger partial charge on any atom is -0.480 e. The summed E-state index contributed by atoms with van der Waals surface area (Å²) in [7, 11) is 0. The number of benzene rings is 3. The number of carbonyl (C=O) groups is 3. The van der Waals surface area contributed by atoms with Crippen molar-refractivity contribution in [3.8, 4) is 11.1 Å². The van der Waals surface area contributed by atoms with Crippen LogP contribution in [0.15, 0.2) is 85.5 Å². The van der Waals surface area contributed by atoms with Crippen LogP contribution < -0.4 is 5.32 Å². The molecule has 0 saturated heterocycles. The van der Waals surface area contributed by atoms with Crippen molar-refractivity contribution in [1.29, 1.82) is 0 Å². The first-order valence-electron chi connectivity index (χ1n) is 11.6. The first-order valence-corrected chi connectivity index (χ1v) is 11.6. The minimum atomic E-state index is -1.19. The molecule has 1 unspecified atom stereocenters. The lowest BCUT2D eigenvalue weighted by atomic mass is 9.98. The van der Waals surface area contributed by atoms with Crippen LogP contribution in [0, 0.1) is 0 Å². The highest BCUT2D eigenvalue weighted by atomic mass is 16.5. The first-order chi connectivity index (χ1) is 17.5. The van der Waals surface area contributed by atoms with E-state index in [0.29, 0.717) is 11.1 Å². The second-order valence-electron chi connectivity index (χ2n) is 8.53. The molecule has 36 heavy (non-hydrogen) atoms. The van der Waals surface area contributed by atoms with E-state index in [1.54, 1.807) is 24.3 Å². The van der Waals surface area contributed by atoms with Crippen molar-refractivity contribution in [3.05, 3.63) is 108 Å². The van der Waals surface area contributed by atoms with Gasteiger partial charge in [-0.1, -0.05) is 85.5 Å². The van der Waals surface area contributed by atoms with E-state index in [-0.39, 0.29) is 32.0 Å². The molecule has 1 aliphatic rings. The molecule has 2 N–H and O–H groups in total. The highest BCUT2D eigenvalue weighted by molar-refractivity contribution is 5.81. The Balaban J connectivity index is 1.38. The van der Waals surface area contributed by atoms with E-state index in [9.17, 15) is 19.5 Å². The summed E-state index contributed by atoms with van der Waals surface area (Å²) in [6, 6.07) is 21.7. The highest BCUT2D eigenvalue weighted by Gasteiger charge is 2.29. The number of alkyl carbamates (subject to hydrolysis) is 1. The summed E-state index contributed by atoms with van der Waals surface area (Å²) in [6.45, 7) is 3.72. The Morgan fingerprint density at radius 1 is 0.917 bits per heavy atom. The molecule has 0 aromatic heterocycles. The van der Waals surface area contributed by atoms with E-state index in [1.165, 1.54) is 6.08 Å². The molecule has 4 rings (SSSR count). The normalized spacial score (nSPS) is 12.7. The number of aliphatic carboxylic acids is 1. The summed E-state index contributed by atoms with van der Waals surface area (Å²) >= 11 is 0. The monoisotopic (exact) mass is 485 g/mol. The Kier molecular flexibility index (Phi) is 7.80. The molecule has 3 aromatic rings. The number of nitrogens with one attached hydrogen (secondary N) is 1. The van der Waals surface area contributed by atoms with Gasteiger partial charge in [-0.3, -0.25) is 4.79 Å². The summed E-state index contributed by atoms with van der Waals surface area (Å²) < 4.78 is 10.5. The molecule has 0 fully saturated rings. The third kappa shape index (κ3) is 5.81. The van der Waals surface area contributed by atoms with Crippen LogP contribution in [0.25, 0.3) is 11.1 Å². The number of carboxylic acids is 1. The van der Waals surface area contributed by atoms with Gasteiger partial charge in [0.2, 0.25) is 0 Å². The number of ether oxygens (including phenoxy) is 2. The van der Waals surface area contributed by atoms with E-state index < -0.39 is 24.1 Å². The Hall–Kier alpha value is -4.39. The van der Waals surface area contributed by atoms with E-state index in [2.05, 4.69) is 11.9 Å².